The molecule has 0 aliphatic carbocycles. The molecule has 0 saturated carbocycles. The molecule has 15 heteroatoms. The molecular weight excluding hydrogens is 878 g/mol. The number of esters is 2. The summed E-state index contributed by atoms with van der Waals surface area (Å²) in [6, 6.07) is -1.12. The van der Waals surface area contributed by atoms with Crippen molar-refractivity contribution in [2.45, 2.75) is 289 Å². The first kappa shape index (κ1) is 61.0. The number of hydrogen-bond acceptors (Lipinski definition) is 11. The summed E-state index contributed by atoms with van der Waals surface area (Å²) in [5, 5.41) is 22.7. The summed E-state index contributed by atoms with van der Waals surface area (Å²) in [6.07, 6.45) is 30.6. The Labute approximate surface area is 407 Å². The molecule has 2 unspecified atom stereocenters. The number of phosphoric acid groups is 1. The Bertz CT molecular complexity index is 1330. The summed E-state index contributed by atoms with van der Waals surface area (Å²) in [4.78, 5) is 65.9. The number of unbranched alkanes of at least 4 members (excludes halogenated alkanes) is 28. The predicted octanol–water partition coefficient (Wildman–Crippen LogP) is 12.4. The zero-order chi connectivity index (χ0) is 50.1. The topological polar surface area (TPSA) is 215 Å². The monoisotopic (exact) mass is 977 g/mol. The SMILES string of the molecule is [2H]OP(=O)(O)O[C@H]1[C@H](OC(=O)C(CCCCCCCCCCCC)CCCCCCCCCCCCCC)[C@@H](NC(=O)C[C@H](O)CCCCCCCCCCC)CO[C@@H]1COC(=O)CCC(=O)O. The highest BCUT2D eigenvalue weighted by molar-refractivity contribution is 7.46. The first-order valence-corrected chi connectivity index (χ1v) is 28.7. The van der Waals surface area contributed by atoms with Crippen molar-refractivity contribution in [2.24, 2.45) is 5.92 Å². The maximum atomic E-state index is 14.4. The summed E-state index contributed by atoms with van der Waals surface area (Å²) in [7, 11) is -5.13. The fourth-order valence-electron chi connectivity index (χ4n) is 9.00. The lowest BCUT2D eigenvalue weighted by molar-refractivity contribution is -0.196. The zero-order valence-corrected chi connectivity index (χ0v) is 43.3. The predicted molar refractivity (Wildman–Crippen MR) is 264 cm³/mol. The zero-order valence-electron chi connectivity index (χ0n) is 43.4. The Morgan fingerprint density at radius 2 is 1.06 bits per heavy atom. The Balaban J connectivity index is 3.17. The molecule has 394 valence electrons. The van der Waals surface area contributed by atoms with Gasteiger partial charge in [0.2, 0.25) is 7.34 Å². The van der Waals surface area contributed by atoms with Crippen LogP contribution in [0.2, 0.25) is 0 Å². The van der Waals surface area contributed by atoms with E-state index in [1.807, 2.05) is 0 Å². The van der Waals surface area contributed by atoms with Crippen LogP contribution in [0.4, 0.5) is 0 Å². The van der Waals surface area contributed by atoms with E-state index < -0.39 is 87.5 Å². The van der Waals surface area contributed by atoms with Crippen LogP contribution in [0.25, 0.3) is 0 Å². The summed E-state index contributed by atoms with van der Waals surface area (Å²) in [6.45, 7) is 5.78. The fraction of sp³-hybridized carbons (Fsp3) is 0.923. The fourth-order valence-corrected chi connectivity index (χ4v) is 9.57. The molecule has 1 saturated heterocycles. The third-order valence-corrected chi connectivity index (χ3v) is 13.6. The molecule has 1 aliphatic heterocycles. The van der Waals surface area contributed by atoms with E-state index in [-0.39, 0.29) is 13.0 Å². The number of rotatable bonds is 47. The molecule has 0 bridgehead atoms. The van der Waals surface area contributed by atoms with Crippen LogP contribution in [0.5, 0.6) is 0 Å². The quantitative estimate of drug-likeness (QED) is 0.0218. The molecule has 0 aromatic rings. The third-order valence-electron chi connectivity index (χ3n) is 13.1. The van der Waals surface area contributed by atoms with Gasteiger partial charge in [-0.05, 0) is 19.3 Å². The van der Waals surface area contributed by atoms with Gasteiger partial charge in [0.05, 0.1) is 43.9 Å². The molecule has 7 atom stereocenters. The minimum Gasteiger partial charge on any atom is -0.481 e. The minimum atomic E-state index is -5.13. The molecule has 1 rings (SSSR count). The van der Waals surface area contributed by atoms with Crippen LogP contribution >= 0.6 is 7.82 Å². The Morgan fingerprint density at radius 3 is 1.48 bits per heavy atom. The molecule has 1 amide bonds. The maximum Gasteiger partial charge on any atom is 0.470 e. The van der Waals surface area contributed by atoms with Crippen molar-refractivity contribution in [3.8, 4) is 0 Å². The largest absolute Gasteiger partial charge is 0.481 e. The van der Waals surface area contributed by atoms with Gasteiger partial charge in [0.1, 0.15) is 18.8 Å². The van der Waals surface area contributed by atoms with E-state index in [0.29, 0.717) is 19.3 Å². The van der Waals surface area contributed by atoms with Gasteiger partial charge in [0.25, 0.3) is 0 Å². The molecule has 5 N–H and O–H groups in total. The smallest absolute Gasteiger partial charge is 0.470 e. The van der Waals surface area contributed by atoms with Crippen molar-refractivity contribution in [3.63, 3.8) is 0 Å². The lowest BCUT2D eigenvalue weighted by Crippen LogP contribution is -2.62. The number of amides is 1. The number of nitrogens with one attached hydrogen (secondary N) is 1. The van der Waals surface area contributed by atoms with Gasteiger partial charge in [0, 0.05) is 0 Å². The third kappa shape index (κ3) is 35.6. The van der Waals surface area contributed by atoms with Crippen molar-refractivity contribution in [1.29, 1.82) is 1.43 Å². The molecule has 0 aromatic heterocycles. The van der Waals surface area contributed by atoms with E-state index in [1.54, 1.807) is 0 Å². The average Bonchev–Trinajstić information content (AvgIpc) is 3.31. The van der Waals surface area contributed by atoms with E-state index in [1.165, 1.54) is 122 Å². The highest BCUT2D eigenvalue weighted by atomic mass is 31.2. The van der Waals surface area contributed by atoms with Crippen molar-refractivity contribution in [3.05, 3.63) is 0 Å². The van der Waals surface area contributed by atoms with Crippen molar-refractivity contribution in [1.82, 2.24) is 5.32 Å². The summed E-state index contributed by atoms with van der Waals surface area (Å²) >= 11 is 0. The Morgan fingerprint density at radius 1 is 0.642 bits per heavy atom. The number of carbonyl (C=O) groups is 4. The van der Waals surface area contributed by atoms with Gasteiger partial charge in [-0.3, -0.25) is 23.7 Å². The highest BCUT2D eigenvalue weighted by Crippen LogP contribution is 2.42. The van der Waals surface area contributed by atoms with E-state index in [4.69, 9.17) is 25.3 Å². The molecule has 1 aliphatic rings. The summed E-state index contributed by atoms with van der Waals surface area (Å²) < 4.78 is 43.0. The van der Waals surface area contributed by atoms with Crippen LogP contribution in [-0.2, 0) is 42.5 Å². The van der Waals surface area contributed by atoms with Crippen molar-refractivity contribution < 1.29 is 62.5 Å². The van der Waals surface area contributed by atoms with E-state index in [2.05, 4.69) is 31.0 Å². The number of aliphatic hydroxyl groups excluding tert-OH is 1. The number of carbonyl (C=O) groups excluding carboxylic acids is 3. The van der Waals surface area contributed by atoms with Gasteiger partial charge in [-0.1, -0.05) is 220 Å². The van der Waals surface area contributed by atoms with Crippen molar-refractivity contribution >= 4 is 31.6 Å². The maximum absolute atomic E-state index is 14.4. The number of hydrogen-bond donors (Lipinski definition) is 5. The first-order valence-electron chi connectivity index (χ1n) is 27.6. The van der Waals surface area contributed by atoms with E-state index >= 15 is 0 Å². The van der Waals surface area contributed by atoms with Gasteiger partial charge in [-0.25, -0.2) is 4.57 Å². The number of carboxylic acid groups (broad SMARTS) is 1. The molecule has 1 fully saturated rings. The second kappa shape index (κ2) is 41.7. The lowest BCUT2D eigenvalue weighted by atomic mass is 9.93. The van der Waals surface area contributed by atoms with Crippen LogP contribution in [0.3, 0.4) is 0 Å². The number of carboxylic acids is 1. The number of phosphoric ester groups is 1. The standard InChI is InChI=1S/C52H98NO13P/c1-4-7-10-13-16-19-21-22-25-27-30-33-36-43(35-32-29-26-24-20-17-14-11-8-5-2)52(59)65-50-45(53-47(55)40-44(54)37-34-31-28-23-18-15-12-9-6-3)41-63-46(51(50)66-67(60,61)62)42-64-49(58)39-38-48(56)57/h43-46,50-51,54H,4-42H2,1-3H3,(H,53,55)(H,56,57)(H2,60,61,62)/t43?,44-,45+,46-,50-,51-/m1/s1/i/hD. The first-order chi connectivity index (χ1) is 32.9. The normalized spacial score (nSPS) is 19.3. The van der Waals surface area contributed by atoms with Crippen LogP contribution in [0, 0.1) is 5.92 Å². The number of ether oxygens (including phenoxy) is 3. The molecule has 0 aromatic carbocycles. The van der Waals surface area contributed by atoms with Gasteiger partial charge < -0.3 is 39.5 Å². The molecular formula is C52H98NO13P. The summed E-state index contributed by atoms with van der Waals surface area (Å²) in [5.74, 6) is -3.70. The summed E-state index contributed by atoms with van der Waals surface area (Å²) in [5.41, 5.74) is 0. The van der Waals surface area contributed by atoms with Crippen LogP contribution in [-0.4, -0.2) is 88.9 Å². The Hall–Kier alpha value is -2.09. The second-order valence-corrected chi connectivity index (χ2v) is 20.5. The number of aliphatic hydroxyl groups is 1. The van der Waals surface area contributed by atoms with E-state index in [9.17, 15) is 33.7 Å². The highest BCUT2D eigenvalue weighted by Gasteiger charge is 2.48. The van der Waals surface area contributed by atoms with Crippen LogP contribution in [0.15, 0.2) is 0 Å². The molecule has 67 heavy (non-hydrogen) atoms. The van der Waals surface area contributed by atoms with Crippen molar-refractivity contribution in [2.75, 3.05) is 13.2 Å². The van der Waals surface area contributed by atoms with Gasteiger partial charge in [-0.15, -0.1) is 0 Å². The molecule has 14 nitrogen and oxygen atoms in total. The number of aliphatic carboxylic acids is 1. The lowest BCUT2D eigenvalue weighted by Gasteiger charge is -2.42. The van der Waals surface area contributed by atoms with E-state index in [0.717, 1.165) is 77.0 Å². The average molecular weight is 977 g/mol. The van der Waals surface area contributed by atoms with Gasteiger partial charge in [0.15, 0.2) is 6.10 Å². The second-order valence-electron chi connectivity index (χ2n) is 19.4. The molecule has 0 radical (unpaired) electrons. The molecule has 0 spiro atoms. The van der Waals surface area contributed by atoms with Gasteiger partial charge >= 0.3 is 25.7 Å². The minimum absolute atomic E-state index is 0.237. The Kier molecular flexibility index (Phi) is 38.0. The molecule has 1 heterocycles. The van der Waals surface area contributed by atoms with Crippen LogP contribution < -0.4 is 5.32 Å². The van der Waals surface area contributed by atoms with Crippen LogP contribution in [0.1, 0.15) is 258 Å². The van der Waals surface area contributed by atoms with Gasteiger partial charge in [-0.2, -0.15) is 0 Å².